The van der Waals surface area contributed by atoms with E-state index < -0.39 is 0 Å². The molecular formula is C33H35N5O4. The first-order valence-corrected chi connectivity index (χ1v) is 14.2. The topological polar surface area (TPSA) is 80.6 Å². The number of hydrogen-bond donors (Lipinski definition) is 1. The summed E-state index contributed by atoms with van der Waals surface area (Å²) < 4.78 is 18.3. The Kier molecular flexibility index (Phi) is 8.48. The normalized spacial score (nSPS) is 15.3. The highest BCUT2D eigenvalue weighted by Crippen LogP contribution is 2.33. The molecule has 0 aliphatic carbocycles. The highest BCUT2D eigenvalue weighted by Gasteiger charge is 2.19. The molecule has 0 atom stereocenters. The second-order valence-electron chi connectivity index (χ2n) is 10.4. The molecule has 0 saturated carbocycles. The van der Waals surface area contributed by atoms with Gasteiger partial charge in [0.1, 0.15) is 5.75 Å². The molecule has 0 spiro atoms. The monoisotopic (exact) mass is 565 g/mol. The Morgan fingerprint density at radius 2 is 1.69 bits per heavy atom. The molecule has 1 aromatic heterocycles. The molecule has 6 rings (SSSR count). The van der Waals surface area contributed by atoms with E-state index in [1.807, 2.05) is 54.7 Å². The number of hydrazone groups is 1. The van der Waals surface area contributed by atoms with Crippen molar-refractivity contribution in [3.63, 3.8) is 0 Å². The van der Waals surface area contributed by atoms with Gasteiger partial charge in [0.2, 0.25) is 12.7 Å². The predicted octanol–water partition coefficient (Wildman–Crippen LogP) is 4.54. The van der Waals surface area contributed by atoms with Crippen LogP contribution in [0.25, 0.3) is 16.8 Å². The summed E-state index contributed by atoms with van der Waals surface area (Å²) in [6.45, 7) is 5.66. The van der Waals surface area contributed by atoms with Crippen molar-refractivity contribution in [3.8, 4) is 34.1 Å². The number of rotatable bonds is 10. The average Bonchev–Trinajstić information content (AvgIpc) is 3.68. The van der Waals surface area contributed by atoms with E-state index in [2.05, 4.69) is 55.4 Å². The minimum atomic E-state index is -0.0949. The summed E-state index contributed by atoms with van der Waals surface area (Å²) in [5, 5.41) is 4.31. The van der Waals surface area contributed by atoms with Crippen LogP contribution < -0.4 is 19.6 Å². The zero-order valence-corrected chi connectivity index (χ0v) is 23.7. The number of para-hydroxylation sites is 1. The Labute approximate surface area is 245 Å². The number of fused-ring (bicyclic) bond motifs is 1. The first-order valence-electron chi connectivity index (χ1n) is 14.2. The second kappa shape index (κ2) is 12.9. The summed E-state index contributed by atoms with van der Waals surface area (Å²) >= 11 is 0. The van der Waals surface area contributed by atoms with E-state index >= 15 is 0 Å². The molecule has 3 heterocycles. The summed E-state index contributed by atoms with van der Waals surface area (Å²) in [6, 6.07) is 24.2. The van der Waals surface area contributed by atoms with Crippen LogP contribution in [0.15, 0.2) is 90.3 Å². The summed E-state index contributed by atoms with van der Waals surface area (Å²) in [4.78, 5) is 17.4. The molecule has 2 aliphatic rings. The third kappa shape index (κ3) is 6.64. The van der Waals surface area contributed by atoms with Crippen LogP contribution in [0.3, 0.4) is 0 Å². The molecule has 1 fully saturated rings. The lowest BCUT2D eigenvalue weighted by molar-refractivity contribution is -0.121. The number of aromatic nitrogens is 1. The Bertz CT molecular complexity index is 1530. The Morgan fingerprint density at radius 3 is 2.48 bits per heavy atom. The number of nitrogens with zero attached hydrogens (tertiary/aromatic N) is 4. The van der Waals surface area contributed by atoms with E-state index in [0.29, 0.717) is 19.8 Å². The first kappa shape index (κ1) is 27.6. The fourth-order valence-electron chi connectivity index (χ4n) is 5.29. The SMILES string of the molecule is COc1ccc(-c2cn(-c3ccccc3)cc2/C=N/NC(=O)CCN2CCN(Cc3ccc4c(c3)OCO4)CC2)cc1. The molecule has 4 aromatic rings. The molecule has 3 aromatic carbocycles. The summed E-state index contributed by atoms with van der Waals surface area (Å²) in [7, 11) is 1.66. The zero-order chi connectivity index (χ0) is 28.7. The zero-order valence-electron chi connectivity index (χ0n) is 23.7. The van der Waals surface area contributed by atoms with Gasteiger partial charge in [-0.1, -0.05) is 36.4 Å². The van der Waals surface area contributed by atoms with Crippen LogP contribution in [0.4, 0.5) is 0 Å². The lowest BCUT2D eigenvalue weighted by Gasteiger charge is -2.34. The van der Waals surface area contributed by atoms with Crippen molar-refractivity contribution < 1.29 is 19.0 Å². The standard InChI is InChI=1S/C33H35N5O4/c1-40-29-10-8-26(9-11-29)30-23-38(28-5-3-2-4-6-28)22-27(30)20-34-35-33(39)13-14-36-15-17-37(18-16-36)21-25-7-12-31-32(19-25)42-24-41-31/h2-12,19-20,22-23H,13-18,21,24H2,1H3,(H,35,39)/b34-20+. The van der Waals surface area contributed by atoms with Gasteiger partial charge in [0, 0.05) is 74.9 Å². The van der Waals surface area contributed by atoms with Gasteiger partial charge >= 0.3 is 0 Å². The van der Waals surface area contributed by atoms with Crippen LogP contribution >= 0.6 is 0 Å². The van der Waals surface area contributed by atoms with Gasteiger partial charge in [-0.3, -0.25) is 9.69 Å². The van der Waals surface area contributed by atoms with E-state index in [1.54, 1.807) is 13.3 Å². The molecule has 9 heteroatoms. The van der Waals surface area contributed by atoms with Gasteiger partial charge in [0.25, 0.3) is 0 Å². The van der Waals surface area contributed by atoms with Crippen molar-refractivity contribution in [2.75, 3.05) is 46.6 Å². The van der Waals surface area contributed by atoms with Gasteiger partial charge in [-0.05, 0) is 47.5 Å². The average molecular weight is 566 g/mol. The Morgan fingerprint density at radius 1 is 0.929 bits per heavy atom. The minimum Gasteiger partial charge on any atom is -0.497 e. The highest BCUT2D eigenvalue weighted by atomic mass is 16.7. The van der Waals surface area contributed by atoms with Crippen molar-refractivity contribution >= 4 is 12.1 Å². The van der Waals surface area contributed by atoms with Crippen LogP contribution in [0.1, 0.15) is 17.5 Å². The highest BCUT2D eigenvalue weighted by molar-refractivity contribution is 5.91. The lowest BCUT2D eigenvalue weighted by Crippen LogP contribution is -2.46. The molecule has 42 heavy (non-hydrogen) atoms. The van der Waals surface area contributed by atoms with Crippen LogP contribution in [-0.2, 0) is 11.3 Å². The molecule has 1 N–H and O–H groups in total. The molecule has 0 bridgehead atoms. The third-order valence-electron chi connectivity index (χ3n) is 7.67. The van der Waals surface area contributed by atoms with Crippen LogP contribution in [0.5, 0.6) is 17.2 Å². The summed E-state index contributed by atoms with van der Waals surface area (Å²) in [6.07, 6.45) is 6.21. The number of carbonyl (C=O) groups is 1. The van der Waals surface area contributed by atoms with Crippen molar-refractivity contribution in [1.82, 2.24) is 19.8 Å². The number of carbonyl (C=O) groups excluding carboxylic acids is 1. The van der Waals surface area contributed by atoms with E-state index in [9.17, 15) is 4.79 Å². The van der Waals surface area contributed by atoms with Crippen molar-refractivity contribution in [2.24, 2.45) is 5.10 Å². The molecule has 0 radical (unpaired) electrons. The largest absolute Gasteiger partial charge is 0.497 e. The maximum atomic E-state index is 12.6. The molecule has 1 amide bonds. The van der Waals surface area contributed by atoms with Crippen molar-refractivity contribution in [2.45, 2.75) is 13.0 Å². The molecule has 0 unspecified atom stereocenters. The fraction of sp³-hybridized carbons (Fsp3) is 0.273. The maximum absolute atomic E-state index is 12.6. The minimum absolute atomic E-state index is 0.0949. The smallest absolute Gasteiger partial charge is 0.241 e. The number of ether oxygens (including phenoxy) is 3. The molecule has 2 aliphatic heterocycles. The van der Waals surface area contributed by atoms with E-state index in [-0.39, 0.29) is 5.91 Å². The Balaban J connectivity index is 1.01. The summed E-state index contributed by atoms with van der Waals surface area (Å²) in [5.74, 6) is 2.34. The van der Waals surface area contributed by atoms with Gasteiger partial charge in [-0.2, -0.15) is 5.10 Å². The first-order chi connectivity index (χ1) is 20.6. The van der Waals surface area contributed by atoms with E-state index in [4.69, 9.17) is 14.2 Å². The quantitative estimate of drug-likeness (QED) is 0.225. The number of benzene rings is 3. The number of nitrogens with one attached hydrogen (secondary N) is 1. The number of piperazine rings is 1. The third-order valence-corrected chi connectivity index (χ3v) is 7.67. The van der Waals surface area contributed by atoms with Gasteiger partial charge in [0.05, 0.1) is 13.3 Å². The van der Waals surface area contributed by atoms with Crippen molar-refractivity contribution in [3.05, 3.63) is 96.3 Å². The summed E-state index contributed by atoms with van der Waals surface area (Å²) in [5.41, 5.74) is 7.95. The van der Waals surface area contributed by atoms with E-state index in [0.717, 1.165) is 72.4 Å². The van der Waals surface area contributed by atoms with Crippen LogP contribution in [0.2, 0.25) is 0 Å². The van der Waals surface area contributed by atoms with Gasteiger partial charge < -0.3 is 23.7 Å². The Hall–Kier alpha value is -4.60. The second-order valence-corrected chi connectivity index (χ2v) is 10.4. The van der Waals surface area contributed by atoms with Gasteiger partial charge in [-0.15, -0.1) is 0 Å². The fourth-order valence-corrected chi connectivity index (χ4v) is 5.29. The van der Waals surface area contributed by atoms with Gasteiger partial charge in [0.15, 0.2) is 11.5 Å². The predicted molar refractivity (Wildman–Crippen MR) is 162 cm³/mol. The molecule has 9 nitrogen and oxygen atoms in total. The molecule has 1 saturated heterocycles. The van der Waals surface area contributed by atoms with E-state index in [1.165, 1.54) is 5.56 Å². The van der Waals surface area contributed by atoms with Gasteiger partial charge in [-0.25, -0.2) is 5.43 Å². The number of hydrogen-bond acceptors (Lipinski definition) is 7. The van der Waals surface area contributed by atoms with Crippen molar-refractivity contribution in [1.29, 1.82) is 0 Å². The number of methoxy groups -OCH3 is 1. The van der Waals surface area contributed by atoms with Crippen LogP contribution in [0, 0.1) is 0 Å². The molecule has 216 valence electrons. The molecular weight excluding hydrogens is 530 g/mol. The lowest BCUT2D eigenvalue weighted by atomic mass is 10.1. The van der Waals surface area contributed by atoms with Crippen LogP contribution in [-0.4, -0.2) is 73.1 Å². The maximum Gasteiger partial charge on any atom is 0.241 e. The number of amides is 1.